The molecule has 164 valence electrons. The molecule has 1 fully saturated rings. The number of fused-ring (bicyclic) bond motifs is 1. The fraction of sp³-hybridized carbons (Fsp3) is 0.455. The van der Waals surface area contributed by atoms with Crippen LogP contribution in [0.3, 0.4) is 0 Å². The summed E-state index contributed by atoms with van der Waals surface area (Å²) in [6.45, 7) is 6.86. The lowest BCUT2D eigenvalue weighted by Gasteiger charge is -2.36. The van der Waals surface area contributed by atoms with Crippen molar-refractivity contribution in [2.45, 2.75) is 26.8 Å². The van der Waals surface area contributed by atoms with E-state index in [1.165, 1.54) is 0 Å². The summed E-state index contributed by atoms with van der Waals surface area (Å²) in [7, 11) is 3.38. The quantitative estimate of drug-likeness (QED) is 0.621. The zero-order chi connectivity index (χ0) is 22.1. The number of carbonyl (C=O) groups is 1. The Labute approximate surface area is 180 Å². The number of hydrogen-bond donors (Lipinski definition) is 0. The van der Waals surface area contributed by atoms with Gasteiger partial charge in [-0.05, 0) is 37.6 Å². The second-order valence-corrected chi connectivity index (χ2v) is 7.78. The minimum absolute atomic E-state index is 0.000216. The van der Waals surface area contributed by atoms with Crippen LogP contribution in [0.4, 0.5) is 5.95 Å². The van der Waals surface area contributed by atoms with E-state index in [4.69, 9.17) is 9.72 Å². The van der Waals surface area contributed by atoms with Crippen LogP contribution in [0.5, 0.6) is 5.75 Å². The van der Waals surface area contributed by atoms with Crippen LogP contribution in [0, 0.1) is 6.92 Å². The van der Waals surface area contributed by atoms with Crippen LogP contribution in [0.25, 0.3) is 11.0 Å². The fourth-order valence-electron chi connectivity index (χ4n) is 4.09. The number of carbonyl (C=O) groups excluding carboxylic acids is 1. The molecule has 31 heavy (non-hydrogen) atoms. The van der Waals surface area contributed by atoms with Gasteiger partial charge in [0, 0.05) is 45.3 Å². The second kappa shape index (κ2) is 8.41. The van der Waals surface area contributed by atoms with Crippen molar-refractivity contribution in [3.05, 3.63) is 45.9 Å². The standard InChI is InChI=1S/C22H28N6O3/c1-5-10-28-21(30)19-18(15(2)24-25(19)3)23-22(28)27-13-11-26(12-14-27)20(29)16-6-8-17(31-4)9-7-16/h6-9H,5,10-14H2,1-4H3. The van der Waals surface area contributed by atoms with Crippen molar-refractivity contribution < 1.29 is 9.53 Å². The molecule has 1 aromatic carbocycles. The lowest BCUT2D eigenvalue weighted by Crippen LogP contribution is -2.50. The maximum atomic E-state index is 13.2. The molecular formula is C22H28N6O3. The number of amides is 1. The van der Waals surface area contributed by atoms with Crippen LogP contribution in [0.1, 0.15) is 29.4 Å². The van der Waals surface area contributed by atoms with Gasteiger partial charge in [0.05, 0.1) is 12.8 Å². The summed E-state index contributed by atoms with van der Waals surface area (Å²) in [5, 5.41) is 4.38. The molecule has 0 N–H and O–H groups in total. The smallest absolute Gasteiger partial charge is 0.281 e. The monoisotopic (exact) mass is 424 g/mol. The van der Waals surface area contributed by atoms with E-state index in [0.29, 0.717) is 55.3 Å². The highest BCUT2D eigenvalue weighted by molar-refractivity contribution is 5.94. The van der Waals surface area contributed by atoms with E-state index < -0.39 is 0 Å². The Bertz CT molecular complexity index is 1160. The Kier molecular flexibility index (Phi) is 5.67. The SMILES string of the molecule is CCCn1c(N2CCN(C(=O)c3ccc(OC)cc3)CC2)nc2c(C)nn(C)c2c1=O. The highest BCUT2D eigenvalue weighted by Crippen LogP contribution is 2.20. The molecule has 4 rings (SSSR count). The van der Waals surface area contributed by atoms with Crippen molar-refractivity contribution in [3.63, 3.8) is 0 Å². The van der Waals surface area contributed by atoms with E-state index in [9.17, 15) is 9.59 Å². The van der Waals surface area contributed by atoms with Gasteiger partial charge in [-0.1, -0.05) is 6.92 Å². The van der Waals surface area contributed by atoms with E-state index in [2.05, 4.69) is 10.00 Å². The van der Waals surface area contributed by atoms with Crippen LogP contribution < -0.4 is 15.2 Å². The first-order chi connectivity index (χ1) is 14.9. The number of piperazine rings is 1. The average molecular weight is 425 g/mol. The predicted octanol–water partition coefficient (Wildman–Crippen LogP) is 1.82. The molecule has 3 aromatic rings. The number of rotatable bonds is 5. The van der Waals surface area contributed by atoms with Crippen molar-refractivity contribution >= 4 is 22.9 Å². The Morgan fingerprint density at radius 3 is 2.42 bits per heavy atom. The van der Waals surface area contributed by atoms with Crippen LogP contribution in [-0.4, -0.2) is 63.4 Å². The Morgan fingerprint density at radius 2 is 1.81 bits per heavy atom. The zero-order valence-electron chi connectivity index (χ0n) is 18.5. The molecule has 1 aliphatic heterocycles. The summed E-state index contributed by atoms with van der Waals surface area (Å²) in [5.41, 5.74) is 2.49. The third kappa shape index (κ3) is 3.75. The van der Waals surface area contributed by atoms with Crippen molar-refractivity contribution in [2.24, 2.45) is 7.05 Å². The van der Waals surface area contributed by atoms with Crippen molar-refractivity contribution in [3.8, 4) is 5.75 Å². The summed E-state index contributed by atoms with van der Waals surface area (Å²) < 4.78 is 8.52. The van der Waals surface area contributed by atoms with Gasteiger partial charge < -0.3 is 14.5 Å². The lowest BCUT2D eigenvalue weighted by molar-refractivity contribution is 0.0746. The predicted molar refractivity (Wildman–Crippen MR) is 119 cm³/mol. The molecule has 9 heteroatoms. The van der Waals surface area contributed by atoms with Gasteiger partial charge in [0.2, 0.25) is 5.95 Å². The third-order valence-electron chi connectivity index (χ3n) is 5.73. The minimum atomic E-state index is -0.0679. The maximum Gasteiger partial charge on any atom is 0.281 e. The largest absolute Gasteiger partial charge is 0.497 e. The summed E-state index contributed by atoms with van der Waals surface area (Å²) in [6.07, 6.45) is 0.826. The molecule has 0 spiro atoms. The van der Waals surface area contributed by atoms with E-state index in [1.807, 2.05) is 18.7 Å². The molecule has 3 heterocycles. The molecule has 0 atom stereocenters. The highest BCUT2D eigenvalue weighted by atomic mass is 16.5. The van der Waals surface area contributed by atoms with Gasteiger partial charge in [-0.15, -0.1) is 0 Å². The summed E-state index contributed by atoms with van der Waals surface area (Å²) >= 11 is 0. The summed E-state index contributed by atoms with van der Waals surface area (Å²) in [4.78, 5) is 34.8. The molecule has 0 aliphatic carbocycles. The molecule has 2 aromatic heterocycles. The van der Waals surface area contributed by atoms with Crippen LogP contribution in [0.2, 0.25) is 0 Å². The van der Waals surface area contributed by atoms with Gasteiger partial charge >= 0.3 is 0 Å². The number of hydrogen-bond acceptors (Lipinski definition) is 6. The van der Waals surface area contributed by atoms with Gasteiger partial charge in [0.1, 0.15) is 11.3 Å². The fourth-order valence-corrected chi connectivity index (χ4v) is 4.09. The third-order valence-corrected chi connectivity index (χ3v) is 5.73. The molecule has 0 bridgehead atoms. The van der Waals surface area contributed by atoms with E-state index in [-0.39, 0.29) is 11.5 Å². The second-order valence-electron chi connectivity index (χ2n) is 7.78. The number of methoxy groups -OCH3 is 1. The molecule has 1 saturated heterocycles. The van der Waals surface area contributed by atoms with E-state index in [0.717, 1.165) is 17.9 Å². The molecular weight excluding hydrogens is 396 g/mol. The van der Waals surface area contributed by atoms with Crippen molar-refractivity contribution in [2.75, 3.05) is 38.2 Å². The Hall–Kier alpha value is -3.36. The number of anilines is 1. The molecule has 1 amide bonds. The molecule has 1 aliphatic rings. The van der Waals surface area contributed by atoms with Crippen LogP contribution >= 0.6 is 0 Å². The van der Waals surface area contributed by atoms with Gasteiger partial charge in [0.25, 0.3) is 11.5 Å². The normalized spacial score (nSPS) is 14.3. The topological polar surface area (TPSA) is 85.5 Å². The first-order valence-corrected chi connectivity index (χ1v) is 10.6. The van der Waals surface area contributed by atoms with Crippen LogP contribution in [0.15, 0.2) is 29.1 Å². The van der Waals surface area contributed by atoms with Gasteiger partial charge in [-0.3, -0.25) is 18.8 Å². The zero-order valence-corrected chi connectivity index (χ0v) is 18.5. The number of benzene rings is 1. The van der Waals surface area contributed by atoms with Crippen molar-refractivity contribution in [1.29, 1.82) is 0 Å². The molecule has 9 nitrogen and oxygen atoms in total. The number of aromatic nitrogens is 4. The molecule has 0 unspecified atom stereocenters. The number of nitrogens with zero attached hydrogens (tertiary/aromatic N) is 6. The van der Waals surface area contributed by atoms with Crippen molar-refractivity contribution in [1.82, 2.24) is 24.2 Å². The van der Waals surface area contributed by atoms with E-state index >= 15 is 0 Å². The minimum Gasteiger partial charge on any atom is -0.497 e. The van der Waals surface area contributed by atoms with Crippen LogP contribution in [-0.2, 0) is 13.6 Å². The van der Waals surface area contributed by atoms with E-state index in [1.54, 1.807) is 47.7 Å². The first-order valence-electron chi connectivity index (χ1n) is 10.6. The first kappa shape index (κ1) is 20.9. The summed E-state index contributed by atoms with van der Waals surface area (Å²) in [6, 6.07) is 7.16. The Morgan fingerprint density at radius 1 is 1.13 bits per heavy atom. The maximum absolute atomic E-state index is 13.2. The Balaban J connectivity index is 1.58. The van der Waals surface area contributed by atoms with Gasteiger partial charge in [-0.25, -0.2) is 4.98 Å². The summed E-state index contributed by atoms with van der Waals surface area (Å²) in [5.74, 6) is 1.38. The van der Waals surface area contributed by atoms with Gasteiger partial charge in [0.15, 0.2) is 5.52 Å². The van der Waals surface area contributed by atoms with Gasteiger partial charge in [-0.2, -0.15) is 5.10 Å². The molecule has 0 radical (unpaired) electrons. The number of ether oxygens (including phenoxy) is 1. The molecule has 0 saturated carbocycles. The highest BCUT2D eigenvalue weighted by Gasteiger charge is 2.26. The lowest BCUT2D eigenvalue weighted by atomic mass is 10.1. The number of aryl methyl sites for hydroxylation is 2. The average Bonchev–Trinajstić information content (AvgIpc) is 3.08.